The van der Waals surface area contributed by atoms with Crippen molar-refractivity contribution in [2.45, 2.75) is 38.0 Å². The largest absolute Gasteiger partial charge is 0.304 e. The van der Waals surface area contributed by atoms with Crippen molar-refractivity contribution < 1.29 is 4.39 Å². The molecule has 2 heterocycles. The summed E-state index contributed by atoms with van der Waals surface area (Å²) in [6.45, 7) is 2.49. The van der Waals surface area contributed by atoms with Crippen LogP contribution in [0.3, 0.4) is 0 Å². The lowest BCUT2D eigenvalue weighted by Crippen LogP contribution is -2.40. The zero-order chi connectivity index (χ0) is 17.5. The molecule has 0 unspecified atom stereocenters. The maximum Gasteiger partial charge on any atom is 0.114 e. The zero-order valence-corrected chi connectivity index (χ0v) is 14.4. The van der Waals surface area contributed by atoms with Gasteiger partial charge in [0.15, 0.2) is 0 Å². The molecule has 0 radical (unpaired) electrons. The minimum Gasteiger partial charge on any atom is -0.304 e. The predicted molar refractivity (Wildman–Crippen MR) is 88.4 cm³/mol. The van der Waals surface area contributed by atoms with Crippen LogP contribution >= 0.6 is 0 Å². The summed E-state index contributed by atoms with van der Waals surface area (Å²) in [5, 5.41) is 22.0. The van der Waals surface area contributed by atoms with Crippen molar-refractivity contribution in [1.29, 1.82) is 10.5 Å². The molecule has 0 amide bonds. The van der Waals surface area contributed by atoms with Crippen molar-refractivity contribution in [2.24, 2.45) is 13.0 Å². The second-order valence-corrected chi connectivity index (χ2v) is 6.68. The Morgan fingerprint density at radius 3 is 2.92 bits per heavy atom. The number of aryl methyl sites for hydroxylation is 1. The highest BCUT2D eigenvalue weighted by Gasteiger charge is 2.33. The van der Waals surface area contributed by atoms with Crippen molar-refractivity contribution in [3.63, 3.8) is 0 Å². The van der Waals surface area contributed by atoms with E-state index in [-0.39, 0.29) is 12.0 Å². The average molecular weight is 332 g/mol. The van der Waals surface area contributed by atoms with E-state index < -0.39 is 6.17 Å². The summed E-state index contributed by atoms with van der Waals surface area (Å²) in [5.41, 5.74) is 1.09. The van der Waals surface area contributed by atoms with Crippen LogP contribution in [-0.2, 0) is 13.6 Å². The number of likely N-dealkylation sites (tertiary alicyclic amines) is 1. The van der Waals surface area contributed by atoms with Crippen LogP contribution in [0.4, 0.5) is 4.39 Å². The van der Waals surface area contributed by atoms with E-state index in [0.29, 0.717) is 38.9 Å². The Morgan fingerprint density at radius 2 is 2.29 bits per heavy atom. The SMILES string of the molecule is CN(C[C@H](C#N)CCC#N)C[C@@H]1C[C@H](F)CN1Cc1cnn(C)c1. The van der Waals surface area contributed by atoms with E-state index in [9.17, 15) is 9.65 Å². The van der Waals surface area contributed by atoms with E-state index in [4.69, 9.17) is 5.26 Å². The molecule has 2 rings (SSSR count). The molecule has 1 saturated heterocycles. The van der Waals surface area contributed by atoms with E-state index >= 15 is 0 Å². The van der Waals surface area contributed by atoms with Crippen LogP contribution in [0.1, 0.15) is 24.8 Å². The van der Waals surface area contributed by atoms with Crippen molar-refractivity contribution in [3.05, 3.63) is 18.0 Å². The van der Waals surface area contributed by atoms with Crippen LogP contribution in [0, 0.1) is 28.6 Å². The summed E-state index contributed by atoms with van der Waals surface area (Å²) < 4.78 is 15.7. The highest BCUT2D eigenvalue weighted by Crippen LogP contribution is 2.23. The van der Waals surface area contributed by atoms with Gasteiger partial charge in [-0.2, -0.15) is 15.6 Å². The van der Waals surface area contributed by atoms with E-state index in [2.05, 4.69) is 27.0 Å². The molecule has 0 spiro atoms. The predicted octanol–water partition coefficient (Wildman–Crippen LogP) is 1.71. The van der Waals surface area contributed by atoms with Gasteiger partial charge in [-0.1, -0.05) is 0 Å². The Bertz CT molecular complexity index is 601. The van der Waals surface area contributed by atoms with Crippen LogP contribution in [0.2, 0.25) is 0 Å². The molecular weight excluding hydrogens is 307 g/mol. The first kappa shape index (κ1) is 18.4. The fourth-order valence-electron chi connectivity index (χ4n) is 3.34. The Labute approximate surface area is 143 Å². The molecular formula is C17H25FN6. The molecule has 0 N–H and O–H groups in total. The van der Waals surface area contributed by atoms with Crippen LogP contribution in [0.25, 0.3) is 0 Å². The van der Waals surface area contributed by atoms with Gasteiger partial charge in [0.2, 0.25) is 0 Å². The molecule has 130 valence electrons. The molecule has 1 aromatic heterocycles. The standard InChI is InChI=1S/C17H25FN6/c1-22(9-14(7-20)4-3-5-19)13-17-6-16(18)12-24(17)11-15-8-21-23(2)10-15/h8,10,14,16-17H,3-4,6,9,11-13H2,1-2H3/t14-,16-,17-/m0/s1. The minimum atomic E-state index is -0.801. The zero-order valence-electron chi connectivity index (χ0n) is 14.4. The molecule has 1 fully saturated rings. The monoisotopic (exact) mass is 332 g/mol. The molecule has 0 bridgehead atoms. The molecule has 6 nitrogen and oxygen atoms in total. The second-order valence-electron chi connectivity index (χ2n) is 6.68. The highest BCUT2D eigenvalue weighted by molar-refractivity contribution is 5.05. The number of halogens is 1. The summed E-state index contributed by atoms with van der Waals surface area (Å²) >= 11 is 0. The first-order chi connectivity index (χ1) is 11.5. The summed E-state index contributed by atoms with van der Waals surface area (Å²) in [6, 6.07) is 4.49. The van der Waals surface area contributed by atoms with Gasteiger partial charge in [-0.3, -0.25) is 9.58 Å². The topological polar surface area (TPSA) is 71.9 Å². The highest BCUT2D eigenvalue weighted by atomic mass is 19.1. The number of hydrogen-bond acceptors (Lipinski definition) is 5. The van der Waals surface area contributed by atoms with Crippen LogP contribution in [0.15, 0.2) is 12.4 Å². The third-order valence-electron chi connectivity index (χ3n) is 4.46. The van der Waals surface area contributed by atoms with Crippen molar-refractivity contribution in [1.82, 2.24) is 19.6 Å². The lowest BCUT2D eigenvalue weighted by atomic mass is 10.0. The summed E-state index contributed by atoms with van der Waals surface area (Å²) in [5.74, 6) is -0.149. The molecule has 24 heavy (non-hydrogen) atoms. The normalized spacial score (nSPS) is 22.4. The number of rotatable bonds is 8. The molecule has 1 aromatic rings. The maximum absolute atomic E-state index is 13.9. The molecule has 1 aliphatic heterocycles. The summed E-state index contributed by atoms with van der Waals surface area (Å²) in [4.78, 5) is 4.25. The van der Waals surface area contributed by atoms with Gasteiger partial charge < -0.3 is 4.90 Å². The van der Waals surface area contributed by atoms with E-state index in [0.717, 1.165) is 12.1 Å². The minimum absolute atomic E-state index is 0.139. The van der Waals surface area contributed by atoms with Crippen LogP contribution in [0.5, 0.6) is 0 Å². The molecule has 0 saturated carbocycles. The number of alkyl halides is 1. The van der Waals surface area contributed by atoms with Gasteiger partial charge in [-0.15, -0.1) is 0 Å². The van der Waals surface area contributed by atoms with Gasteiger partial charge in [0.05, 0.1) is 24.3 Å². The molecule has 3 atom stereocenters. The van der Waals surface area contributed by atoms with Crippen LogP contribution in [-0.4, -0.2) is 58.5 Å². The van der Waals surface area contributed by atoms with Crippen molar-refractivity contribution in [3.8, 4) is 12.1 Å². The fourth-order valence-corrected chi connectivity index (χ4v) is 3.34. The molecule has 0 aliphatic carbocycles. The lowest BCUT2D eigenvalue weighted by Gasteiger charge is -2.28. The van der Waals surface area contributed by atoms with Gasteiger partial charge >= 0.3 is 0 Å². The lowest BCUT2D eigenvalue weighted by molar-refractivity contribution is 0.176. The third kappa shape index (κ3) is 5.30. The number of likely N-dealkylation sites (N-methyl/N-ethyl adjacent to an activating group) is 1. The van der Waals surface area contributed by atoms with Gasteiger partial charge in [-0.25, -0.2) is 4.39 Å². The van der Waals surface area contributed by atoms with Crippen molar-refractivity contribution in [2.75, 3.05) is 26.7 Å². The molecule has 7 heteroatoms. The van der Waals surface area contributed by atoms with Gasteiger partial charge in [0.1, 0.15) is 6.17 Å². The second kappa shape index (κ2) is 8.77. The van der Waals surface area contributed by atoms with E-state index in [1.54, 1.807) is 4.68 Å². The van der Waals surface area contributed by atoms with Crippen LogP contribution < -0.4 is 0 Å². The Kier molecular flexibility index (Phi) is 6.72. The average Bonchev–Trinajstić information content (AvgIpc) is 3.09. The fraction of sp³-hybridized carbons (Fsp3) is 0.706. The van der Waals surface area contributed by atoms with Gasteiger partial charge in [-0.05, 0) is 19.9 Å². The Balaban J connectivity index is 1.88. The maximum atomic E-state index is 13.9. The summed E-state index contributed by atoms with van der Waals surface area (Å²) in [6.07, 6.45) is 4.49. The van der Waals surface area contributed by atoms with Crippen molar-refractivity contribution >= 4 is 0 Å². The first-order valence-corrected chi connectivity index (χ1v) is 8.32. The number of nitriles is 2. The molecule has 0 aromatic carbocycles. The van der Waals surface area contributed by atoms with Gasteiger partial charge in [0.25, 0.3) is 0 Å². The smallest absolute Gasteiger partial charge is 0.114 e. The number of hydrogen-bond donors (Lipinski definition) is 0. The van der Waals surface area contributed by atoms with E-state index in [1.807, 2.05) is 26.5 Å². The Hall–Kier alpha value is -1.96. The third-order valence-corrected chi connectivity index (χ3v) is 4.46. The first-order valence-electron chi connectivity index (χ1n) is 8.32. The number of aromatic nitrogens is 2. The molecule has 1 aliphatic rings. The Morgan fingerprint density at radius 1 is 1.50 bits per heavy atom. The number of nitrogens with zero attached hydrogens (tertiary/aromatic N) is 6. The van der Waals surface area contributed by atoms with E-state index in [1.165, 1.54) is 0 Å². The summed E-state index contributed by atoms with van der Waals surface area (Å²) in [7, 11) is 3.84. The quantitative estimate of drug-likeness (QED) is 0.725. The van der Waals surface area contributed by atoms with Gasteiger partial charge in [0, 0.05) is 57.4 Å².